The van der Waals surface area contributed by atoms with E-state index in [1.54, 1.807) is 16.9 Å². The van der Waals surface area contributed by atoms with Gasteiger partial charge in [-0.15, -0.1) is 0 Å². The van der Waals surface area contributed by atoms with Crippen molar-refractivity contribution in [2.75, 3.05) is 5.32 Å². The molecule has 0 saturated heterocycles. The summed E-state index contributed by atoms with van der Waals surface area (Å²) in [5.41, 5.74) is 2.49. The molecule has 0 atom stereocenters. The summed E-state index contributed by atoms with van der Waals surface area (Å²) in [5, 5.41) is 7.04. The molecule has 0 saturated carbocycles. The molecule has 3 rings (SSSR count). The molecule has 0 aliphatic carbocycles. The highest BCUT2D eigenvalue weighted by Gasteiger charge is 2.10. The van der Waals surface area contributed by atoms with E-state index in [1.165, 1.54) is 0 Å². The standard InChI is InChI=1S/C14H11F3N4/c1-8-2-13-19-6-9(7-21(13)20-8)5-18-10-3-11(15)14(17)12(16)4-10/h2-4,6-7,18H,5H2,1H3. The van der Waals surface area contributed by atoms with Crippen molar-refractivity contribution in [1.29, 1.82) is 0 Å². The highest BCUT2D eigenvalue weighted by atomic mass is 19.2. The van der Waals surface area contributed by atoms with Crippen molar-refractivity contribution in [3.05, 3.63) is 59.3 Å². The van der Waals surface area contributed by atoms with Gasteiger partial charge in [0.1, 0.15) is 0 Å². The first kappa shape index (κ1) is 13.4. The molecule has 0 bridgehead atoms. The Balaban J connectivity index is 1.79. The second kappa shape index (κ2) is 5.08. The zero-order valence-corrected chi connectivity index (χ0v) is 11.1. The third-order valence-electron chi connectivity index (χ3n) is 2.97. The molecule has 0 amide bonds. The number of hydrogen-bond donors (Lipinski definition) is 1. The predicted octanol–water partition coefficient (Wildman–Crippen LogP) is 3.07. The summed E-state index contributed by atoms with van der Waals surface area (Å²) in [4.78, 5) is 4.22. The summed E-state index contributed by atoms with van der Waals surface area (Å²) in [6.07, 6.45) is 3.40. The van der Waals surface area contributed by atoms with Gasteiger partial charge in [0.25, 0.3) is 0 Å². The Labute approximate surface area is 118 Å². The van der Waals surface area contributed by atoms with Gasteiger partial charge < -0.3 is 5.32 Å². The van der Waals surface area contributed by atoms with Crippen LogP contribution in [-0.4, -0.2) is 14.6 Å². The Bertz CT molecular complexity index is 790. The molecule has 0 fully saturated rings. The molecule has 0 radical (unpaired) electrons. The van der Waals surface area contributed by atoms with E-state index < -0.39 is 17.5 Å². The minimum Gasteiger partial charge on any atom is -0.381 e. The summed E-state index contributed by atoms with van der Waals surface area (Å²) >= 11 is 0. The maximum Gasteiger partial charge on any atom is 0.194 e. The van der Waals surface area contributed by atoms with E-state index in [0.717, 1.165) is 29.0 Å². The summed E-state index contributed by atoms with van der Waals surface area (Å²) in [7, 11) is 0. The summed E-state index contributed by atoms with van der Waals surface area (Å²) in [6, 6.07) is 3.65. The number of aromatic nitrogens is 3. The van der Waals surface area contributed by atoms with Crippen molar-refractivity contribution in [2.45, 2.75) is 13.5 Å². The van der Waals surface area contributed by atoms with Gasteiger partial charge in [-0.2, -0.15) is 5.10 Å². The Morgan fingerprint density at radius 1 is 1.14 bits per heavy atom. The number of fused-ring (bicyclic) bond motifs is 1. The zero-order chi connectivity index (χ0) is 15.0. The number of nitrogens with zero attached hydrogens (tertiary/aromatic N) is 3. The minimum absolute atomic E-state index is 0.156. The number of benzene rings is 1. The number of nitrogens with one attached hydrogen (secondary N) is 1. The van der Waals surface area contributed by atoms with E-state index in [4.69, 9.17) is 0 Å². The van der Waals surface area contributed by atoms with Gasteiger partial charge >= 0.3 is 0 Å². The molecule has 108 valence electrons. The van der Waals surface area contributed by atoms with Crippen molar-refractivity contribution in [3.63, 3.8) is 0 Å². The van der Waals surface area contributed by atoms with Crippen molar-refractivity contribution >= 4 is 11.3 Å². The molecule has 0 unspecified atom stereocenters. The van der Waals surface area contributed by atoms with E-state index >= 15 is 0 Å². The van der Waals surface area contributed by atoms with Crippen LogP contribution in [0, 0.1) is 24.4 Å². The van der Waals surface area contributed by atoms with Crippen LogP contribution in [0.3, 0.4) is 0 Å². The maximum absolute atomic E-state index is 13.1. The van der Waals surface area contributed by atoms with Gasteiger partial charge in [-0.3, -0.25) is 0 Å². The molecule has 2 aromatic heterocycles. The lowest BCUT2D eigenvalue weighted by Gasteiger charge is -2.07. The zero-order valence-electron chi connectivity index (χ0n) is 11.1. The summed E-state index contributed by atoms with van der Waals surface area (Å²) in [5.74, 6) is -3.93. The predicted molar refractivity (Wildman–Crippen MR) is 71.4 cm³/mol. The number of anilines is 1. The van der Waals surface area contributed by atoms with Crippen LogP contribution in [0.15, 0.2) is 30.6 Å². The topological polar surface area (TPSA) is 42.2 Å². The van der Waals surface area contributed by atoms with Crippen molar-refractivity contribution in [1.82, 2.24) is 14.6 Å². The third-order valence-corrected chi connectivity index (χ3v) is 2.97. The molecule has 1 aromatic carbocycles. The molecule has 0 aliphatic rings. The number of aryl methyl sites for hydroxylation is 1. The van der Waals surface area contributed by atoms with Gasteiger partial charge in [0.15, 0.2) is 23.1 Å². The molecule has 21 heavy (non-hydrogen) atoms. The smallest absolute Gasteiger partial charge is 0.194 e. The fourth-order valence-electron chi connectivity index (χ4n) is 1.99. The fourth-order valence-corrected chi connectivity index (χ4v) is 1.99. The van der Waals surface area contributed by atoms with Gasteiger partial charge in [-0.25, -0.2) is 22.7 Å². The highest BCUT2D eigenvalue weighted by molar-refractivity contribution is 5.45. The third kappa shape index (κ3) is 2.67. The average Bonchev–Trinajstić information content (AvgIpc) is 2.81. The Morgan fingerprint density at radius 3 is 2.57 bits per heavy atom. The van der Waals surface area contributed by atoms with Gasteiger partial charge in [0, 0.05) is 48.4 Å². The number of halogens is 3. The second-order valence-electron chi connectivity index (χ2n) is 4.66. The Hall–Kier alpha value is -2.57. The monoisotopic (exact) mass is 292 g/mol. The lowest BCUT2D eigenvalue weighted by atomic mass is 10.2. The highest BCUT2D eigenvalue weighted by Crippen LogP contribution is 2.18. The summed E-state index contributed by atoms with van der Waals surface area (Å²) in [6.45, 7) is 2.14. The quantitative estimate of drug-likeness (QED) is 0.754. The van der Waals surface area contributed by atoms with Crippen molar-refractivity contribution in [2.24, 2.45) is 0 Å². The average molecular weight is 292 g/mol. The van der Waals surface area contributed by atoms with Gasteiger partial charge in [-0.05, 0) is 6.92 Å². The molecule has 0 spiro atoms. The second-order valence-corrected chi connectivity index (χ2v) is 4.66. The Kier molecular flexibility index (Phi) is 3.25. The van der Waals surface area contributed by atoms with E-state index in [9.17, 15) is 13.2 Å². The van der Waals surface area contributed by atoms with Crippen LogP contribution < -0.4 is 5.32 Å². The van der Waals surface area contributed by atoms with Gasteiger partial charge in [-0.1, -0.05) is 0 Å². The maximum atomic E-state index is 13.1. The molecule has 0 aliphatic heterocycles. The largest absolute Gasteiger partial charge is 0.381 e. The van der Waals surface area contributed by atoms with E-state index in [-0.39, 0.29) is 12.2 Å². The molecule has 1 N–H and O–H groups in total. The number of hydrogen-bond acceptors (Lipinski definition) is 3. The Morgan fingerprint density at radius 2 is 1.86 bits per heavy atom. The van der Waals surface area contributed by atoms with Crippen LogP contribution in [0.1, 0.15) is 11.3 Å². The first-order chi connectivity index (χ1) is 10.0. The van der Waals surface area contributed by atoms with E-state index in [1.807, 2.05) is 13.0 Å². The minimum atomic E-state index is -1.48. The molecule has 4 nitrogen and oxygen atoms in total. The van der Waals surface area contributed by atoms with Gasteiger partial charge in [0.2, 0.25) is 0 Å². The van der Waals surface area contributed by atoms with E-state index in [0.29, 0.717) is 0 Å². The van der Waals surface area contributed by atoms with Crippen LogP contribution in [-0.2, 0) is 6.54 Å². The van der Waals surface area contributed by atoms with E-state index in [2.05, 4.69) is 15.4 Å². The normalized spacial score (nSPS) is 11.0. The van der Waals surface area contributed by atoms with Crippen LogP contribution in [0.4, 0.5) is 18.9 Å². The molecule has 7 heteroatoms. The number of rotatable bonds is 3. The fraction of sp³-hybridized carbons (Fsp3) is 0.143. The van der Waals surface area contributed by atoms with Crippen LogP contribution in [0.2, 0.25) is 0 Å². The lowest BCUT2D eigenvalue weighted by molar-refractivity contribution is 0.447. The lowest BCUT2D eigenvalue weighted by Crippen LogP contribution is -2.04. The van der Waals surface area contributed by atoms with Crippen LogP contribution >= 0.6 is 0 Å². The molecule has 2 heterocycles. The van der Waals surface area contributed by atoms with Crippen LogP contribution in [0.5, 0.6) is 0 Å². The van der Waals surface area contributed by atoms with Crippen molar-refractivity contribution in [3.8, 4) is 0 Å². The van der Waals surface area contributed by atoms with Crippen molar-refractivity contribution < 1.29 is 13.2 Å². The van der Waals surface area contributed by atoms with Gasteiger partial charge in [0.05, 0.1) is 5.69 Å². The first-order valence-electron chi connectivity index (χ1n) is 6.22. The first-order valence-corrected chi connectivity index (χ1v) is 6.22. The summed E-state index contributed by atoms with van der Waals surface area (Å²) < 4.78 is 40.7. The molecule has 3 aromatic rings. The SMILES string of the molecule is Cc1cc2ncc(CNc3cc(F)c(F)c(F)c3)cn2n1. The molecular weight excluding hydrogens is 281 g/mol. The molecular formula is C14H11F3N4. The van der Waals surface area contributed by atoms with Crippen LogP contribution in [0.25, 0.3) is 5.65 Å².